The van der Waals surface area contributed by atoms with Crippen molar-refractivity contribution in [2.24, 2.45) is 0 Å². The largest absolute Gasteiger partial charge is 0.371 e. The van der Waals surface area contributed by atoms with E-state index in [2.05, 4.69) is 21.2 Å². The van der Waals surface area contributed by atoms with Gasteiger partial charge in [-0.25, -0.2) is 0 Å². The second-order valence-corrected chi connectivity index (χ2v) is 5.30. The smallest absolute Gasteiger partial charge is 0.0785 e. The van der Waals surface area contributed by atoms with E-state index < -0.39 is 0 Å². The molecule has 2 heterocycles. The lowest BCUT2D eigenvalue weighted by Gasteiger charge is -2.29. The third-order valence-electron chi connectivity index (χ3n) is 3.22. The normalized spacial score (nSPS) is 28.7. The summed E-state index contributed by atoms with van der Waals surface area (Å²) in [4.78, 5) is 0. The van der Waals surface area contributed by atoms with Crippen molar-refractivity contribution in [2.75, 3.05) is 13.1 Å². The van der Waals surface area contributed by atoms with Gasteiger partial charge in [0.15, 0.2) is 0 Å². The van der Waals surface area contributed by atoms with E-state index in [-0.39, 0.29) is 0 Å². The van der Waals surface area contributed by atoms with Gasteiger partial charge >= 0.3 is 0 Å². The molecule has 0 aliphatic carbocycles. The Kier molecular flexibility index (Phi) is 2.51. The van der Waals surface area contributed by atoms with E-state index >= 15 is 0 Å². The Hall–Kier alpha value is -0.0900. The Morgan fingerprint density at radius 3 is 3.13 bits per heavy atom. The fraction of sp³-hybridized carbons (Fsp3) is 0.455. The number of benzene rings is 1. The number of hydrogen-bond acceptors (Lipinski definition) is 2. The average Bonchev–Trinajstić information content (AvgIpc) is 2.70. The fourth-order valence-electron chi connectivity index (χ4n) is 2.47. The number of hydrogen-bond donors (Lipinski definition) is 1. The zero-order valence-electron chi connectivity index (χ0n) is 8.09. The molecule has 3 rings (SSSR count). The van der Waals surface area contributed by atoms with Crippen LogP contribution < -0.4 is 5.32 Å². The minimum absolute atomic E-state index is 0.312. The van der Waals surface area contributed by atoms with Crippen molar-refractivity contribution in [1.82, 2.24) is 5.32 Å². The van der Waals surface area contributed by atoms with Gasteiger partial charge < -0.3 is 10.1 Å². The Morgan fingerprint density at radius 1 is 1.40 bits per heavy atom. The summed E-state index contributed by atoms with van der Waals surface area (Å²) in [5, 5.41) is 4.18. The first kappa shape index (κ1) is 10.1. The Morgan fingerprint density at radius 2 is 2.27 bits per heavy atom. The topological polar surface area (TPSA) is 21.3 Å². The summed E-state index contributed by atoms with van der Waals surface area (Å²) >= 11 is 9.79. The van der Waals surface area contributed by atoms with Gasteiger partial charge in [0.25, 0.3) is 0 Å². The molecule has 0 aromatic heterocycles. The molecule has 1 aromatic carbocycles. The molecule has 0 spiro atoms. The van der Waals surface area contributed by atoms with Crippen molar-refractivity contribution in [3.63, 3.8) is 0 Å². The van der Waals surface area contributed by atoms with Gasteiger partial charge in [0, 0.05) is 34.1 Å². The lowest BCUT2D eigenvalue weighted by atomic mass is 9.90. The minimum Gasteiger partial charge on any atom is -0.371 e. The number of nitrogens with one attached hydrogen (secondary N) is 1. The van der Waals surface area contributed by atoms with Crippen LogP contribution in [0.4, 0.5) is 0 Å². The SMILES string of the molecule is Clc1ccc(Br)c2c1CO[C@@H]1CNC[C@H]21. The average molecular weight is 289 g/mol. The third kappa shape index (κ3) is 1.53. The summed E-state index contributed by atoms with van der Waals surface area (Å²) in [5.74, 6) is 0.446. The van der Waals surface area contributed by atoms with Crippen LogP contribution in [0.2, 0.25) is 5.02 Å². The molecule has 2 aliphatic heterocycles. The van der Waals surface area contributed by atoms with Crippen molar-refractivity contribution >= 4 is 27.5 Å². The van der Waals surface area contributed by atoms with Crippen molar-refractivity contribution in [1.29, 1.82) is 0 Å². The first-order valence-corrected chi connectivity index (χ1v) is 6.23. The zero-order valence-corrected chi connectivity index (χ0v) is 10.4. The van der Waals surface area contributed by atoms with E-state index in [1.165, 1.54) is 5.56 Å². The Labute approximate surface area is 102 Å². The molecule has 2 nitrogen and oxygen atoms in total. The first-order valence-electron chi connectivity index (χ1n) is 5.06. The Balaban J connectivity index is 2.16. The molecule has 0 amide bonds. The highest BCUT2D eigenvalue weighted by atomic mass is 79.9. The lowest BCUT2D eigenvalue weighted by Crippen LogP contribution is -2.27. The molecule has 4 heteroatoms. The molecule has 1 fully saturated rings. The molecular weight excluding hydrogens is 277 g/mol. The van der Waals surface area contributed by atoms with E-state index in [0.717, 1.165) is 28.1 Å². The lowest BCUT2D eigenvalue weighted by molar-refractivity contribution is 0.0297. The van der Waals surface area contributed by atoms with Gasteiger partial charge in [-0.3, -0.25) is 0 Å². The quantitative estimate of drug-likeness (QED) is 0.792. The second kappa shape index (κ2) is 3.74. The number of rotatable bonds is 0. The van der Waals surface area contributed by atoms with Crippen molar-refractivity contribution in [3.05, 3.63) is 32.8 Å². The van der Waals surface area contributed by atoms with Crippen LogP contribution in [0.5, 0.6) is 0 Å². The van der Waals surface area contributed by atoms with Crippen molar-refractivity contribution in [3.8, 4) is 0 Å². The molecule has 80 valence electrons. The number of ether oxygens (including phenoxy) is 1. The summed E-state index contributed by atoms with van der Waals surface area (Å²) in [6.07, 6.45) is 0.312. The van der Waals surface area contributed by atoms with Gasteiger partial charge in [0.1, 0.15) is 0 Å². The van der Waals surface area contributed by atoms with Gasteiger partial charge in [-0.05, 0) is 17.7 Å². The van der Waals surface area contributed by atoms with E-state index in [1.807, 2.05) is 12.1 Å². The molecular formula is C11H11BrClNO. The van der Waals surface area contributed by atoms with Crippen LogP contribution in [0.3, 0.4) is 0 Å². The monoisotopic (exact) mass is 287 g/mol. The van der Waals surface area contributed by atoms with E-state index in [0.29, 0.717) is 18.6 Å². The van der Waals surface area contributed by atoms with Crippen LogP contribution in [0.1, 0.15) is 17.0 Å². The maximum absolute atomic E-state index is 6.18. The highest BCUT2D eigenvalue weighted by Crippen LogP contribution is 2.40. The molecule has 2 aliphatic rings. The molecule has 1 saturated heterocycles. The van der Waals surface area contributed by atoms with E-state index in [4.69, 9.17) is 16.3 Å². The van der Waals surface area contributed by atoms with Gasteiger partial charge in [0.2, 0.25) is 0 Å². The maximum atomic E-state index is 6.18. The van der Waals surface area contributed by atoms with Gasteiger partial charge in [-0.1, -0.05) is 27.5 Å². The molecule has 0 saturated carbocycles. The zero-order chi connectivity index (χ0) is 10.4. The molecule has 0 unspecified atom stereocenters. The van der Waals surface area contributed by atoms with E-state index in [9.17, 15) is 0 Å². The molecule has 1 N–H and O–H groups in total. The third-order valence-corrected chi connectivity index (χ3v) is 4.26. The molecule has 15 heavy (non-hydrogen) atoms. The Bertz CT molecular complexity index is 410. The summed E-state index contributed by atoms with van der Waals surface area (Å²) < 4.78 is 6.95. The fourth-order valence-corrected chi connectivity index (χ4v) is 3.35. The van der Waals surface area contributed by atoms with Crippen LogP contribution in [-0.2, 0) is 11.3 Å². The summed E-state index contributed by atoms with van der Waals surface area (Å²) in [7, 11) is 0. The summed E-state index contributed by atoms with van der Waals surface area (Å²) in [6.45, 7) is 2.57. The highest BCUT2D eigenvalue weighted by molar-refractivity contribution is 9.10. The minimum atomic E-state index is 0.312. The standard InChI is InChI=1S/C11H11BrClNO/c12-8-1-2-9(13)7-5-15-10-4-14-3-6(10)11(7)8/h1-2,6,10,14H,3-5H2/t6-,10+/m0/s1. The van der Waals surface area contributed by atoms with Crippen LogP contribution in [0.15, 0.2) is 16.6 Å². The second-order valence-electron chi connectivity index (χ2n) is 4.04. The summed E-state index contributed by atoms with van der Waals surface area (Å²) in [6, 6.07) is 3.96. The van der Waals surface area contributed by atoms with Crippen LogP contribution in [0, 0.1) is 0 Å². The first-order chi connectivity index (χ1) is 7.27. The van der Waals surface area contributed by atoms with Crippen LogP contribution >= 0.6 is 27.5 Å². The molecule has 1 aromatic rings. The predicted molar refractivity (Wildman–Crippen MR) is 63.3 cm³/mol. The molecule has 0 radical (unpaired) electrons. The van der Waals surface area contributed by atoms with Gasteiger partial charge in [0.05, 0.1) is 12.7 Å². The van der Waals surface area contributed by atoms with Crippen molar-refractivity contribution in [2.45, 2.75) is 18.6 Å². The van der Waals surface area contributed by atoms with Crippen molar-refractivity contribution < 1.29 is 4.74 Å². The number of halogens is 2. The molecule has 0 bridgehead atoms. The molecule has 2 atom stereocenters. The highest BCUT2D eigenvalue weighted by Gasteiger charge is 2.36. The van der Waals surface area contributed by atoms with Gasteiger partial charge in [-0.15, -0.1) is 0 Å². The summed E-state index contributed by atoms with van der Waals surface area (Å²) in [5.41, 5.74) is 2.49. The van der Waals surface area contributed by atoms with Crippen LogP contribution in [0.25, 0.3) is 0 Å². The predicted octanol–water partition coefficient (Wildman–Crippen LogP) is 2.69. The maximum Gasteiger partial charge on any atom is 0.0785 e. The number of fused-ring (bicyclic) bond motifs is 3. The van der Waals surface area contributed by atoms with E-state index in [1.54, 1.807) is 0 Å². The van der Waals surface area contributed by atoms with Gasteiger partial charge in [-0.2, -0.15) is 0 Å². The van der Waals surface area contributed by atoms with Crippen LogP contribution in [-0.4, -0.2) is 19.2 Å².